The van der Waals surface area contributed by atoms with Gasteiger partial charge in [-0.1, -0.05) is 25.9 Å². The van der Waals surface area contributed by atoms with E-state index in [0.717, 1.165) is 0 Å². The lowest BCUT2D eigenvalue weighted by atomic mass is 9.89. The molecule has 1 unspecified atom stereocenters. The molecule has 1 aliphatic heterocycles. The molecule has 0 aromatic heterocycles. The van der Waals surface area contributed by atoms with Crippen molar-refractivity contribution in [3.63, 3.8) is 0 Å². The predicted octanol–water partition coefficient (Wildman–Crippen LogP) is 3.23. The van der Waals surface area contributed by atoms with E-state index in [4.69, 9.17) is 14.7 Å². The summed E-state index contributed by atoms with van der Waals surface area (Å²) in [6.45, 7) is 13.3. The van der Waals surface area contributed by atoms with E-state index in [1.807, 2.05) is 0 Å². The van der Waals surface area contributed by atoms with Crippen LogP contribution in [-0.4, -0.2) is 44.4 Å². The molecule has 6 nitrogen and oxygen atoms in total. The van der Waals surface area contributed by atoms with Gasteiger partial charge in [-0.05, 0) is 37.0 Å². The Kier molecular flexibility index (Phi) is 5.27. The molecule has 1 N–H and O–H groups in total. The Morgan fingerprint density at radius 3 is 2.55 bits per heavy atom. The highest BCUT2D eigenvalue weighted by Gasteiger charge is 2.43. The van der Waals surface area contributed by atoms with Gasteiger partial charge in [-0.2, -0.15) is 0 Å². The molecule has 1 rings (SSSR count). The van der Waals surface area contributed by atoms with E-state index in [0.29, 0.717) is 19.6 Å². The van der Waals surface area contributed by atoms with Crippen LogP contribution in [0.4, 0.5) is 0 Å². The van der Waals surface area contributed by atoms with Gasteiger partial charge in [0, 0.05) is 4.91 Å². The fourth-order valence-electron chi connectivity index (χ4n) is 1.95. The smallest absolute Gasteiger partial charge is 0.192 e. The third-order valence-corrected chi connectivity index (χ3v) is 8.95. The third-order valence-electron chi connectivity index (χ3n) is 4.45. The normalized spacial score (nSPS) is 31.8. The number of azide groups is 1. The van der Waals surface area contributed by atoms with Crippen LogP contribution in [0.2, 0.25) is 18.1 Å². The van der Waals surface area contributed by atoms with Gasteiger partial charge >= 0.3 is 0 Å². The van der Waals surface area contributed by atoms with Crippen LogP contribution in [0, 0.1) is 0 Å². The highest BCUT2D eigenvalue weighted by molar-refractivity contribution is 6.74. The minimum atomic E-state index is -1.86. The summed E-state index contributed by atoms with van der Waals surface area (Å²) in [7, 11) is -1.86. The van der Waals surface area contributed by atoms with Crippen molar-refractivity contribution in [2.24, 2.45) is 5.11 Å². The molecule has 1 fully saturated rings. The Balaban J connectivity index is 2.64. The highest BCUT2D eigenvalue weighted by Crippen LogP contribution is 2.37. The van der Waals surface area contributed by atoms with Gasteiger partial charge in [0.2, 0.25) is 0 Å². The average molecular weight is 301 g/mol. The van der Waals surface area contributed by atoms with E-state index < -0.39 is 13.9 Å². The summed E-state index contributed by atoms with van der Waals surface area (Å²) >= 11 is 0. The molecular weight excluding hydrogens is 274 g/mol. The van der Waals surface area contributed by atoms with Crippen molar-refractivity contribution in [1.82, 2.24) is 0 Å². The monoisotopic (exact) mass is 301 g/mol. The van der Waals surface area contributed by atoms with E-state index in [-0.39, 0.29) is 17.2 Å². The molecule has 0 amide bonds. The zero-order chi connectivity index (χ0) is 15.6. The Morgan fingerprint density at radius 1 is 1.50 bits per heavy atom. The lowest BCUT2D eigenvalue weighted by Crippen LogP contribution is -2.54. The zero-order valence-corrected chi connectivity index (χ0v) is 14.4. The molecule has 3 atom stereocenters. The summed E-state index contributed by atoms with van der Waals surface area (Å²) < 4.78 is 11.8. The van der Waals surface area contributed by atoms with Crippen LogP contribution in [0.1, 0.15) is 34.1 Å². The molecule has 1 saturated heterocycles. The topological polar surface area (TPSA) is 87.5 Å². The predicted molar refractivity (Wildman–Crippen MR) is 81.1 cm³/mol. The van der Waals surface area contributed by atoms with Gasteiger partial charge < -0.3 is 14.3 Å². The van der Waals surface area contributed by atoms with Crippen LogP contribution >= 0.6 is 0 Å². The lowest BCUT2D eigenvalue weighted by Gasteiger charge is -2.42. The van der Waals surface area contributed by atoms with E-state index in [9.17, 15) is 5.11 Å². The van der Waals surface area contributed by atoms with Gasteiger partial charge in [0.05, 0.1) is 24.9 Å². The second-order valence-corrected chi connectivity index (χ2v) is 12.1. The first kappa shape index (κ1) is 17.5. The maximum atomic E-state index is 10.5. The molecule has 0 saturated carbocycles. The Morgan fingerprint density at radius 2 is 2.10 bits per heavy atom. The summed E-state index contributed by atoms with van der Waals surface area (Å²) in [6.07, 6.45) is 0.0320. The van der Waals surface area contributed by atoms with E-state index >= 15 is 0 Å². The maximum absolute atomic E-state index is 10.5. The van der Waals surface area contributed by atoms with Crippen LogP contribution in [0.5, 0.6) is 0 Å². The van der Waals surface area contributed by atoms with Gasteiger partial charge in [0.25, 0.3) is 0 Å². The van der Waals surface area contributed by atoms with Crippen LogP contribution < -0.4 is 0 Å². The van der Waals surface area contributed by atoms with Crippen LogP contribution in [-0.2, 0) is 9.16 Å². The first-order chi connectivity index (χ1) is 8.99. The molecule has 0 radical (unpaired) electrons. The van der Waals surface area contributed by atoms with Crippen LogP contribution in [0.15, 0.2) is 5.11 Å². The number of ether oxygens (including phenoxy) is 1. The Hall–Kier alpha value is -0.593. The third kappa shape index (κ3) is 4.20. The quantitative estimate of drug-likeness (QED) is 0.374. The van der Waals surface area contributed by atoms with Crippen molar-refractivity contribution in [2.75, 3.05) is 13.2 Å². The lowest BCUT2D eigenvalue weighted by molar-refractivity contribution is -0.153. The second-order valence-electron chi connectivity index (χ2n) is 7.31. The number of aliphatic hydroxyl groups is 1. The average Bonchev–Trinajstić information content (AvgIpc) is 2.25. The van der Waals surface area contributed by atoms with Gasteiger partial charge in [-0.3, -0.25) is 0 Å². The molecule has 0 bridgehead atoms. The number of hydrogen-bond donors (Lipinski definition) is 1. The molecule has 1 aliphatic rings. The summed E-state index contributed by atoms with van der Waals surface area (Å²) in [5, 5.41) is 14.2. The maximum Gasteiger partial charge on any atom is 0.192 e. The van der Waals surface area contributed by atoms with Gasteiger partial charge in [0.15, 0.2) is 8.32 Å². The van der Waals surface area contributed by atoms with Crippen molar-refractivity contribution in [3.8, 4) is 0 Å². The van der Waals surface area contributed by atoms with Crippen molar-refractivity contribution >= 4 is 8.32 Å². The van der Waals surface area contributed by atoms with E-state index in [1.54, 1.807) is 6.92 Å². The van der Waals surface area contributed by atoms with Crippen LogP contribution in [0.3, 0.4) is 0 Å². The van der Waals surface area contributed by atoms with Crippen molar-refractivity contribution in [3.05, 3.63) is 10.4 Å². The standard InChI is InChI=1S/C13H27N3O3Si/c1-12(2,3)20(5,6)19-9-11-13(4,17)7-10(8-18-11)15-16-14/h10-11,17H,7-9H2,1-6H3/t10-,11-,13?/m1/s1. The number of nitrogens with zero attached hydrogens (tertiary/aromatic N) is 3. The fourth-order valence-corrected chi connectivity index (χ4v) is 2.95. The fraction of sp³-hybridized carbons (Fsp3) is 1.00. The van der Waals surface area contributed by atoms with Crippen molar-refractivity contribution in [2.45, 2.75) is 70.0 Å². The summed E-state index contributed by atoms with van der Waals surface area (Å²) in [4.78, 5) is 2.78. The molecular formula is C13H27N3O3Si. The molecule has 20 heavy (non-hydrogen) atoms. The van der Waals surface area contributed by atoms with Crippen molar-refractivity contribution in [1.29, 1.82) is 0 Å². The molecule has 116 valence electrons. The number of hydrogen-bond acceptors (Lipinski definition) is 4. The van der Waals surface area contributed by atoms with Crippen molar-refractivity contribution < 1.29 is 14.3 Å². The minimum Gasteiger partial charge on any atom is -0.414 e. The first-order valence-corrected chi connectivity index (χ1v) is 9.92. The van der Waals surface area contributed by atoms with Gasteiger partial charge in [0.1, 0.15) is 6.10 Å². The minimum absolute atomic E-state index is 0.126. The summed E-state index contributed by atoms with van der Waals surface area (Å²) in [6, 6.07) is -0.306. The molecule has 0 spiro atoms. The summed E-state index contributed by atoms with van der Waals surface area (Å²) in [5.41, 5.74) is 7.43. The Bertz CT molecular complexity index is 387. The zero-order valence-electron chi connectivity index (χ0n) is 13.4. The second kappa shape index (κ2) is 6.03. The molecule has 7 heteroatoms. The van der Waals surface area contributed by atoms with Gasteiger partial charge in [-0.15, -0.1) is 0 Å². The van der Waals surface area contributed by atoms with Crippen LogP contribution in [0.25, 0.3) is 10.4 Å². The van der Waals surface area contributed by atoms with E-state index in [2.05, 4.69) is 43.9 Å². The van der Waals surface area contributed by atoms with E-state index in [1.165, 1.54) is 0 Å². The first-order valence-electron chi connectivity index (χ1n) is 7.02. The molecule has 0 aromatic carbocycles. The van der Waals surface area contributed by atoms with Gasteiger partial charge in [-0.25, -0.2) is 0 Å². The molecule has 0 aromatic rings. The molecule has 0 aliphatic carbocycles. The highest BCUT2D eigenvalue weighted by atomic mass is 28.4. The SMILES string of the molecule is CC1(O)C[C@@H](N=[N+]=[N-])CO[C@@H]1CO[Si](C)(C)C(C)(C)C. The molecule has 1 heterocycles. The summed E-state index contributed by atoms with van der Waals surface area (Å²) in [5.74, 6) is 0. The number of rotatable bonds is 4. The largest absolute Gasteiger partial charge is 0.414 e. The Labute approximate surface area is 122 Å².